The molecule has 1 aliphatic rings. The molecule has 1 aromatic carbocycles. The lowest BCUT2D eigenvalue weighted by Gasteiger charge is -2.33. The number of hydrogen-bond acceptors (Lipinski definition) is 5. The van der Waals surface area contributed by atoms with Gasteiger partial charge >= 0.3 is 0 Å². The van der Waals surface area contributed by atoms with E-state index in [4.69, 9.17) is 11.6 Å². The maximum Gasteiger partial charge on any atom is 0.273 e. The summed E-state index contributed by atoms with van der Waals surface area (Å²) in [7, 11) is 0. The molecule has 0 radical (unpaired) electrons. The Bertz CT molecular complexity index is 829. The van der Waals surface area contributed by atoms with Gasteiger partial charge in [-0.05, 0) is 24.3 Å². The van der Waals surface area contributed by atoms with Crippen LogP contribution in [-0.2, 0) is 4.79 Å². The normalized spacial score (nSPS) is 14.2. The molecular weight excluding hydrogens is 376 g/mol. The van der Waals surface area contributed by atoms with Crippen LogP contribution in [0.25, 0.3) is 0 Å². The predicted octanol–water partition coefficient (Wildman–Crippen LogP) is 2.35. The molecule has 0 aliphatic carbocycles. The van der Waals surface area contributed by atoms with Gasteiger partial charge in [-0.3, -0.25) is 19.7 Å². The van der Waals surface area contributed by atoms with Crippen molar-refractivity contribution in [2.24, 2.45) is 0 Å². The van der Waals surface area contributed by atoms with Crippen molar-refractivity contribution >= 4 is 45.8 Å². The predicted molar refractivity (Wildman–Crippen MR) is 99.7 cm³/mol. The Kier molecular flexibility index (Phi) is 5.53. The number of nitrogens with zero attached hydrogens (tertiary/aromatic N) is 3. The third kappa shape index (κ3) is 4.20. The lowest BCUT2D eigenvalue weighted by molar-refractivity contribution is -0.130. The molecule has 0 spiro atoms. The topological polar surface area (TPSA) is 82.6 Å². The van der Waals surface area contributed by atoms with Crippen LogP contribution in [0.2, 0.25) is 5.02 Å². The number of carbonyl (C=O) groups is 3. The second kappa shape index (κ2) is 7.84. The van der Waals surface area contributed by atoms with Crippen molar-refractivity contribution in [1.29, 1.82) is 0 Å². The number of rotatable bonds is 3. The number of nitrogens with one attached hydrogen (secondary N) is 1. The second-order valence-electron chi connectivity index (χ2n) is 5.80. The van der Waals surface area contributed by atoms with Gasteiger partial charge in [-0.2, -0.15) is 0 Å². The molecule has 2 heterocycles. The summed E-state index contributed by atoms with van der Waals surface area (Å²) >= 11 is 7.00. The molecule has 7 nitrogen and oxygen atoms in total. The number of aromatic nitrogens is 1. The van der Waals surface area contributed by atoms with Gasteiger partial charge in [0.2, 0.25) is 5.91 Å². The maximum atomic E-state index is 12.5. The lowest BCUT2D eigenvalue weighted by Crippen LogP contribution is -2.50. The van der Waals surface area contributed by atoms with E-state index in [-0.39, 0.29) is 23.4 Å². The first kappa shape index (κ1) is 18.3. The SMILES string of the molecule is CC(=O)N1CCN(C(=O)c2csc(NC(=O)c3ccc(Cl)cc3)n2)CC1. The summed E-state index contributed by atoms with van der Waals surface area (Å²) in [5.74, 6) is -0.500. The minimum absolute atomic E-state index is 0.0120. The highest BCUT2D eigenvalue weighted by Crippen LogP contribution is 2.19. The van der Waals surface area contributed by atoms with Gasteiger partial charge in [0.1, 0.15) is 5.69 Å². The minimum Gasteiger partial charge on any atom is -0.339 e. The van der Waals surface area contributed by atoms with E-state index in [2.05, 4.69) is 10.3 Å². The summed E-state index contributed by atoms with van der Waals surface area (Å²) in [6.07, 6.45) is 0. The minimum atomic E-state index is -0.315. The van der Waals surface area contributed by atoms with Crippen molar-refractivity contribution in [3.05, 3.63) is 45.9 Å². The van der Waals surface area contributed by atoms with Crippen molar-refractivity contribution in [2.75, 3.05) is 31.5 Å². The van der Waals surface area contributed by atoms with Gasteiger partial charge in [0.25, 0.3) is 11.8 Å². The average Bonchev–Trinajstić information content (AvgIpc) is 3.10. The Labute approximate surface area is 159 Å². The number of benzene rings is 1. The molecule has 3 amide bonds. The highest BCUT2D eigenvalue weighted by Gasteiger charge is 2.25. The molecule has 0 atom stereocenters. The van der Waals surface area contributed by atoms with Crippen molar-refractivity contribution in [3.63, 3.8) is 0 Å². The van der Waals surface area contributed by atoms with Gasteiger partial charge in [-0.15, -0.1) is 11.3 Å². The second-order valence-corrected chi connectivity index (χ2v) is 7.09. The van der Waals surface area contributed by atoms with Crippen LogP contribution >= 0.6 is 22.9 Å². The average molecular weight is 393 g/mol. The number of piperazine rings is 1. The molecule has 3 rings (SSSR count). The highest BCUT2D eigenvalue weighted by molar-refractivity contribution is 7.14. The molecule has 1 fully saturated rings. The van der Waals surface area contributed by atoms with Crippen LogP contribution in [0.3, 0.4) is 0 Å². The van der Waals surface area contributed by atoms with Crippen LogP contribution in [0.5, 0.6) is 0 Å². The van der Waals surface area contributed by atoms with Crippen LogP contribution in [0, 0.1) is 0 Å². The lowest BCUT2D eigenvalue weighted by atomic mass is 10.2. The Morgan fingerprint density at radius 1 is 1.08 bits per heavy atom. The molecule has 1 aromatic heterocycles. The van der Waals surface area contributed by atoms with E-state index in [0.29, 0.717) is 41.9 Å². The van der Waals surface area contributed by atoms with Gasteiger partial charge in [0.05, 0.1) is 0 Å². The van der Waals surface area contributed by atoms with Crippen LogP contribution in [0.4, 0.5) is 5.13 Å². The molecule has 0 saturated carbocycles. The first-order valence-electron chi connectivity index (χ1n) is 8.01. The fourth-order valence-electron chi connectivity index (χ4n) is 2.59. The zero-order valence-electron chi connectivity index (χ0n) is 14.1. The standard InChI is InChI=1S/C17H17ClN4O3S/c1-11(23)21-6-8-22(9-7-21)16(25)14-10-26-17(19-14)20-15(24)12-2-4-13(18)5-3-12/h2-5,10H,6-9H2,1H3,(H,19,20,24). The van der Waals surface area contributed by atoms with E-state index in [9.17, 15) is 14.4 Å². The van der Waals surface area contributed by atoms with E-state index >= 15 is 0 Å². The van der Waals surface area contributed by atoms with Crippen molar-refractivity contribution in [2.45, 2.75) is 6.92 Å². The molecule has 26 heavy (non-hydrogen) atoms. The molecule has 0 bridgehead atoms. The Morgan fingerprint density at radius 3 is 2.31 bits per heavy atom. The number of thiazole rings is 1. The smallest absolute Gasteiger partial charge is 0.273 e. The quantitative estimate of drug-likeness (QED) is 0.869. The van der Waals surface area contributed by atoms with E-state index in [1.807, 2.05) is 0 Å². The first-order valence-corrected chi connectivity index (χ1v) is 9.27. The van der Waals surface area contributed by atoms with Gasteiger partial charge in [-0.1, -0.05) is 11.6 Å². The number of anilines is 1. The number of hydrogen-bond donors (Lipinski definition) is 1. The van der Waals surface area contributed by atoms with Crippen LogP contribution in [0.15, 0.2) is 29.6 Å². The van der Waals surface area contributed by atoms with Crippen molar-refractivity contribution in [1.82, 2.24) is 14.8 Å². The van der Waals surface area contributed by atoms with Crippen LogP contribution in [0.1, 0.15) is 27.8 Å². The van der Waals surface area contributed by atoms with E-state index in [1.54, 1.807) is 39.4 Å². The molecule has 136 valence electrons. The molecule has 9 heteroatoms. The fourth-order valence-corrected chi connectivity index (χ4v) is 3.39. The monoisotopic (exact) mass is 392 g/mol. The molecule has 2 aromatic rings. The van der Waals surface area contributed by atoms with Gasteiger partial charge in [-0.25, -0.2) is 4.98 Å². The molecular formula is C17H17ClN4O3S. The Morgan fingerprint density at radius 2 is 1.69 bits per heavy atom. The van der Waals surface area contributed by atoms with Gasteiger partial charge in [0.15, 0.2) is 5.13 Å². The Balaban J connectivity index is 1.60. The number of halogens is 1. The van der Waals surface area contributed by atoms with Gasteiger partial charge < -0.3 is 9.80 Å². The summed E-state index contributed by atoms with van der Waals surface area (Å²) in [5.41, 5.74) is 0.746. The molecule has 0 unspecified atom stereocenters. The molecule has 1 N–H and O–H groups in total. The summed E-state index contributed by atoms with van der Waals surface area (Å²) in [4.78, 5) is 43.6. The molecule has 1 saturated heterocycles. The third-order valence-corrected chi connectivity index (χ3v) is 5.07. The number of amides is 3. The summed E-state index contributed by atoms with van der Waals surface area (Å²) in [6.45, 7) is 3.51. The zero-order valence-corrected chi connectivity index (χ0v) is 15.6. The van der Waals surface area contributed by atoms with Crippen LogP contribution < -0.4 is 5.32 Å². The van der Waals surface area contributed by atoms with Crippen molar-refractivity contribution < 1.29 is 14.4 Å². The molecule has 1 aliphatic heterocycles. The number of carbonyl (C=O) groups excluding carboxylic acids is 3. The summed E-state index contributed by atoms with van der Waals surface area (Å²) < 4.78 is 0. The zero-order chi connectivity index (χ0) is 18.7. The first-order chi connectivity index (χ1) is 12.4. The summed E-state index contributed by atoms with van der Waals surface area (Å²) in [5, 5.41) is 5.21. The fraction of sp³-hybridized carbons (Fsp3) is 0.294. The maximum absolute atomic E-state index is 12.5. The van der Waals surface area contributed by atoms with E-state index in [0.717, 1.165) is 0 Å². The van der Waals surface area contributed by atoms with Crippen LogP contribution in [-0.4, -0.2) is 58.7 Å². The highest BCUT2D eigenvalue weighted by atomic mass is 35.5. The largest absolute Gasteiger partial charge is 0.339 e. The van der Waals surface area contributed by atoms with Crippen molar-refractivity contribution in [3.8, 4) is 0 Å². The summed E-state index contributed by atoms with van der Waals surface area (Å²) in [6, 6.07) is 6.50. The third-order valence-electron chi connectivity index (χ3n) is 4.06. The van der Waals surface area contributed by atoms with E-state index < -0.39 is 0 Å². The Hall–Kier alpha value is -2.45. The van der Waals surface area contributed by atoms with E-state index in [1.165, 1.54) is 18.3 Å². The van der Waals surface area contributed by atoms with Gasteiger partial charge in [0, 0.05) is 49.1 Å².